The molecule has 0 atom stereocenters. The van der Waals surface area contributed by atoms with Crippen LogP contribution in [0.25, 0.3) is 0 Å². The molecule has 0 aliphatic rings. The first kappa shape index (κ1) is 12.2. The molecular formula is C9H9BrO4S. The van der Waals surface area contributed by atoms with Crippen LogP contribution in [0.3, 0.4) is 0 Å². The molecule has 0 spiro atoms. The summed E-state index contributed by atoms with van der Waals surface area (Å²) in [5.41, 5.74) is 0.339. The maximum Gasteiger partial charge on any atom is 0.335 e. The number of benzene rings is 1. The topological polar surface area (TPSA) is 71.4 Å². The van der Waals surface area contributed by atoms with Gasteiger partial charge in [-0.25, -0.2) is 13.2 Å². The maximum atomic E-state index is 11.3. The largest absolute Gasteiger partial charge is 0.478 e. The minimum absolute atomic E-state index is 0.0297. The summed E-state index contributed by atoms with van der Waals surface area (Å²) in [7, 11) is -3.28. The van der Waals surface area contributed by atoms with Crippen molar-refractivity contribution in [1.82, 2.24) is 0 Å². The predicted octanol–water partition coefficient (Wildman–Crippen LogP) is 1.65. The van der Waals surface area contributed by atoms with Gasteiger partial charge >= 0.3 is 5.97 Å². The molecule has 0 radical (unpaired) electrons. The number of hydrogen-bond acceptors (Lipinski definition) is 3. The van der Waals surface area contributed by atoms with E-state index in [1.807, 2.05) is 0 Å². The summed E-state index contributed by atoms with van der Waals surface area (Å²) in [5, 5.41) is 8.83. The normalized spacial score (nSPS) is 11.3. The fourth-order valence-corrected chi connectivity index (χ4v) is 2.42. The Labute approximate surface area is 96.0 Å². The van der Waals surface area contributed by atoms with Crippen molar-refractivity contribution in [2.24, 2.45) is 0 Å². The summed E-state index contributed by atoms with van der Waals surface area (Å²) in [6, 6.07) is 6.07. The highest BCUT2D eigenvalue weighted by atomic mass is 79.9. The number of hydrogen-bond donors (Lipinski definition) is 1. The van der Waals surface area contributed by atoms with Gasteiger partial charge in [0.05, 0.1) is 11.3 Å². The van der Waals surface area contributed by atoms with Crippen molar-refractivity contribution in [1.29, 1.82) is 0 Å². The Hall–Kier alpha value is -0.880. The summed E-state index contributed by atoms with van der Waals surface area (Å²) in [6.07, 6.45) is 0. The molecule has 1 aromatic carbocycles. The van der Waals surface area contributed by atoms with E-state index < -0.39 is 15.8 Å². The van der Waals surface area contributed by atoms with Gasteiger partial charge in [-0.2, -0.15) is 0 Å². The van der Waals surface area contributed by atoms with Crippen molar-refractivity contribution in [2.75, 3.05) is 4.66 Å². The molecule has 0 heterocycles. The van der Waals surface area contributed by atoms with Gasteiger partial charge in [-0.3, -0.25) is 0 Å². The third-order valence-corrected chi connectivity index (χ3v) is 4.97. The molecule has 1 aromatic rings. The minimum atomic E-state index is -3.28. The van der Waals surface area contributed by atoms with Crippen LogP contribution in [0.15, 0.2) is 24.3 Å². The van der Waals surface area contributed by atoms with Gasteiger partial charge in [0.25, 0.3) is 0 Å². The Morgan fingerprint density at radius 1 is 1.33 bits per heavy atom. The smallest absolute Gasteiger partial charge is 0.335 e. The zero-order chi connectivity index (χ0) is 11.5. The number of alkyl halides is 1. The number of halogens is 1. The van der Waals surface area contributed by atoms with Gasteiger partial charge in [0.15, 0.2) is 9.84 Å². The number of carbonyl (C=O) groups is 1. The molecule has 0 saturated heterocycles. The maximum absolute atomic E-state index is 11.3. The van der Waals surface area contributed by atoms with Crippen LogP contribution in [0.5, 0.6) is 0 Å². The van der Waals surface area contributed by atoms with Gasteiger partial charge in [-0.15, -0.1) is 0 Å². The Morgan fingerprint density at radius 3 is 2.47 bits per heavy atom. The minimum Gasteiger partial charge on any atom is -0.478 e. The van der Waals surface area contributed by atoms with Crippen LogP contribution in [0.2, 0.25) is 0 Å². The summed E-state index contributed by atoms with van der Waals surface area (Å²) in [5.74, 6) is -1.38. The molecule has 6 heteroatoms. The van der Waals surface area contributed by atoms with Crippen LogP contribution in [0.1, 0.15) is 15.9 Å². The first-order valence-corrected chi connectivity index (χ1v) is 6.98. The molecule has 0 aromatic heterocycles. The van der Waals surface area contributed by atoms with E-state index in [4.69, 9.17) is 5.11 Å². The molecule has 0 bridgehead atoms. The van der Waals surface area contributed by atoms with Crippen molar-refractivity contribution in [3.05, 3.63) is 35.4 Å². The van der Waals surface area contributed by atoms with Crippen LogP contribution >= 0.6 is 15.9 Å². The van der Waals surface area contributed by atoms with E-state index in [2.05, 4.69) is 15.9 Å². The van der Waals surface area contributed by atoms with Crippen LogP contribution in [0.4, 0.5) is 0 Å². The lowest BCUT2D eigenvalue weighted by atomic mass is 10.1. The molecule has 0 fully saturated rings. The summed E-state index contributed by atoms with van der Waals surface area (Å²) in [4.78, 5) is 10.8. The third kappa shape index (κ3) is 3.32. The SMILES string of the molecule is O=C(O)c1ccccc1CS(=O)(=O)CBr. The van der Waals surface area contributed by atoms with E-state index in [0.717, 1.165) is 0 Å². The van der Waals surface area contributed by atoms with Crippen molar-refractivity contribution in [3.8, 4) is 0 Å². The van der Waals surface area contributed by atoms with Gasteiger partial charge in [0, 0.05) is 0 Å². The molecule has 1 rings (SSSR count). The number of carboxylic acids is 1. The highest BCUT2D eigenvalue weighted by molar-refractivity contribution is 9.10. The molecule has 0 amide bonds. The van der Waals surface area contributed by atoms with E-state index in [1.165, 1.54) is 12.1 Å². The van der Waals surface area contributed by atoms with Gasteiger partial charge in [-0.05, 0) is 11.6 Å². The second kappa shape index (κ2) is 4.76. The molecule has 4 nitrogen and oxygen atoms in total. The molecule has 82 valence electrons. The highest BCUT2D eigenvalue weighted by Gasteiger charge is 2.15. The summed E-state index contributed by atoms with van der Waals surface area (Å²) >= 11 is 2.85. The zero-order valence-electron chi connectivity index (χ0n) is 7.68. The lowest BCUT2D eigenvalue weighted by Gasteiger charge is -2.04. The van der Waals surface area contributed by atoms with Gasteiger partial charge < -0.3 is 5.11 Å². The van der Waals surface area contributed by atoms with Gasteiger partial charge in [0.2, 0.25) is 0 Å². The average Bonchev–Trinajstić information content (AvgIpc) is 2.18. The van der Waals surface area contributed by atoms with Gasteiger partial charge in [0.1, 0.15) is 4.66 Å². The van der Waals surface area contributed by atoms with E-state index in [0.29, 0.717) is 5.56 Å². The molecule has 0 saturated carbocycles. The van der Waals surface area contributed by atoms with E-state index >= 15 is 0 Å². The molecule has 15 heavy (non-hydrogen) atoms. The highest BCUT2D eigenvalue weighted by Crippen LogP contribution is 2.14. The fraction of sp³-hybridized carbons (Fsp3) is 0.222. The Kier molecular flexibility index (Phi) is 3.87. The van der Waals surface area contributed by atoms with Crippen LogP contribution < -0.4 is 0 Å². The summed E-state index contributed by atoms with van der Waals surface area (Å²) < 4.78 is 22.4. The average molecular weight is 293 g/mol. The summed E-state index contributed by atoms with van der Waals surface area (Å²) in [6.45, 7) is 0. The monoisotopic (exact) mass is 292 g/mol. The number of carboxylic acid groups (broad SMARTS) is 1. The van der Waals surface area contributed by atoms with Crippen molar-refractivity contribution >= 4 is 31.7 Å². The van der Waals surface area contributed by atoms with Crippen molar-refractivity contribution in [2.45, 2.75) is 5.75 Å². The first-order valence-electron chi connectivity index (χ1n) is 4.04. The molecular weight excluding hydrogens is 284 g/mol. The van der Waals surface area contributed by atoms with Crippen LogP contribution in [-0.2, 0) is 15.6 Å². The fourth-order valence-electron chi connectivity index (χ4n) is 1.13. The standard InChI is InChI=1S/C9H9BrO4S/c10-6-15(13,14)5-7-3-1-2-4-8(7)9(11)12/h1-4H,5-6H2,(H,11,12). The number of sulfone groups is 1. The Balaban J connectivity index is 3.10. The van der Waals surface area contributed by atoms with Crippen LogP contribution in [0, 0.1) is 0 Å². The number of rotatable bonds is 4. The first-order chi connectivity index (χ1) is 6.96. The third-order valence-electron chi connectivity index (χ3n) is 1.79. The second-order valence-electron chi connectivity index (χ2n) is 2.96. The predicted molar refractivity (Wildman–Crippen MR) is 59.8 cm³/mol. The van der Waals surface area contributed by atoms with Gasteiger partial charge in [-0.1, -0.05) is 34.1 Å². The van der Waals surface area contributed by atoms with E-state index in [1.54, 1.807) is 12.1 Å². The Bertz CT molecular complexity index is 467. The van der Waals surface area contributed by atoms with Crippen molar-refractivity contribution in [3.63, 3.8) is 0 Å². The number of aromatic carboxylic acids is 1. The van der Waals surface area contributed by atoms with Crippen LogP contribution in [-0.4, -0.2) is 24.2 Å². The zero-order valence-corrected chi connectivity index (χ0v) is 10.1. The quantitative estimate of drug-likeness (QED) is 0.857. The second-order valence-corrected chi connectivity index (χ2v) is 6.33. The molecule has 0 aliphatic carbocycles. The Morgan fingerprint density at radius 2 is 1.93 bits per heavy atom. The van der Waals surface area contributed by atoms with E-state index in [9.17, 15) is 13.2 Å². The molecule has 0 unspecified atom stereocenters. The molecule has 1 N–H and O–H groups in total. The lowest BCUT2D eigenvalue weighted by molar-refractivity contribution is 0.0696. The molecule has 0 aliphatic heterocycles. The van der Waals surface area contributed by atoms with E-state index in [-0.39, 0.29) is 16.0 Å². The lowest BCUT2D eigenvalue weighted by Crippen LogP contribution is -2.09. The van der Waals surface area contributed by atoms with Crippen molar-refractivity contribution < 1.29 is 18.3 Å².